The molecule has 0 amide bonds. The van der Waals surface area contributed by atoms with Crippen molar-refractivity contribution in [2.45, 2.75) is 43.8 Å². The van der Waals surface area contributed by atoms with Crippen molar-refractivity contribution in [1.82, 2.24) is 0 Å². The highest BCUT2D eigenvalue weighted by molar-refractivity contribution is 8.77. The molecule has 0 spiro atoms. The molecule has 0 bridgehead atoms. The maximum atomic E-state index is 5.18. The smallest absolute Gasteiger partial charge is 0.0159 e. The lowest BCUT2D eigenvalue weighted by Gasteiger charge is -2.05. The Labute approximate surface area is 83.7 Å². The molecule has 0 radical (unpaired) electrons. The van der Waals surface area contributed by atoms with Crippen molar-refractivity contribution in [3.8, 4) is 12.3 Å². The molecule has 1 unspecified atom stereocenters. The number of hydrogen-bond acceptors (Lipinski definition) is 2. The predicted octanol–water partition coefficient (Wildman–Crippen LogP) is 3.72. The summed E-state index contributed by atoms with van der Waals surface area (Å²) in [5.41, 5.74) is 0. The number of hydrogen-bond donors (Lipinski definition) is 0. The van der Waals surface area contributed by atoms with Gasteiger partial charge in [0.25, 0.3) is 0 Å². The summed E-state index contributed by atoms with van der Waals surface area (Å²) in [7, 11) is 4.12. The van der Waals surface area contributed by atoms with Crippen LogP contribution in [0.5, 0.6) is 0 Å². The van der Waals surface area contributed by atoms with Crippen molar-refractivity contribution >= 4 is 21.6 Å². The van der Waals surface area contributed by atoms with Gasteiger partial charge in [0.15, 0.2) is 0 Å². The van der Waals surface area contributed by atoms with Gasteiger partial charge in [-0.1, -0.05) is 34.4 Å². The van der Waals surface area contributed by atoms with Crippen molar-refractivity contribution in [2.24, 2.45) is 0 Å². The summed E-state index contributed by atoms with van der Waals surface area (Å²) in [4.78, 5) is 0. The molecule has 12 heavy (non-hydrogen) atoms. The minimum atomic E-state index is 0.945. The van der Waals surface area contributed by atoms with Crippen LogP contribution in [-0.4, -0.2) is 11.0 Å². The van der Waals surface area contributed by atoms with Crippen LogP contribution in [0.2, 0.25) is 0 Å². The van der Waals surface area contributed by atoms with Crippen LogP contribution >= 0.6 is 21.6 Å². The first-order valence-electron chi connectivity index (χ1n) is 4.65. The van der Waals surface area contributed by atoms with Crippen LogP contribution in [-0.2, 0) is 0 Å². The van der Waals surface area contributed by atoms with E-state index in [-0.39, 0.29) is 0 Å². The Balaban J connectivity index is 1.85. The quantitative estimate of drug-likeness (QED) is 0.377. The summed E-state index contributed by atoms with van der Waals surface area (Å²) in [6, 6.07) is 0. The first-order chi connectivity index (χ1) is 5.93. The maximum Gasteiger partial charge on any atom is 0.0159 e. The van der Waals surface area contributed by atoms with Crippen molar-refractivity contribution in [3.63, 3.8) is 0 Å². The van der Waals surface area contributed by atoms with Gasteiger partial charge in [0.05, 0.1) is 0 Å². The van der Waals surface area contributed by atoms with Crippen LogP contribution in [0, 0.1) is 12.3 Å². The van der Waals surface area contributed by atoms with Crippen molar-refractivity contribution in [1.29, 1.82) is 0 Å². The molecule has 1 fully saturated rings. The van der Waals surface area contributed by atoms with Crippen molar-refractivity contribution in [2.75, 3.05) is 5.75 Å². The second kappa shape index (κ2) is 6.74. The average Bonchev–Trinajstić information content (AvgIpc) is 2.57. The van der Waals surface area contributed by atoms with E-state index in [4.69, 9.17) is 6.42 Å². The number of unbranched alkanes of at least 4 members (excludes halogenated alkanes) is 3. The third-order valence-corrected chi connectivity index (χ3v) is 5.08. The van der Waals surface area contributed by atoms with Crippen LogP contribution in [0.1, 0.15) is 38.5 Å². The molecular weight excluding hydrogens is 184 g/mol. The Bertz CT molecular complexity index is 142. The molecule has 0 nitrogen and oxygen atoms in total. The molecule has 0 N–H and O–H groups in total. The Morgan fingerprint density at radius 1 is 1.33 bits per heavy atom. The molecule has 0 aromatic rings. The van der Waals surface area contributed by atoms with E-state index in [2.05, 4.69) is 16.7 Å². The molecule has 1 aliphatic rings. The standard InChI is InChI=1S/C10H16S2/c1-2-3-4-5-6-7-10-8-9-11-12-10/h1,10H,3-9H2. The van der Waals surface area contributed by atoms with Crippen molar-refractivity contribution < 1.29 is 0 Å². The highest BCUT2D eigenvalue weighted by Crippen LogP contribution is 2.39. The predicted molar refractivity (Wildman–Crippen MR) is 60.4 cm³/mol. The molecule has 0 aromatic carbocycles. The fraction of sp³-hybridized carbons (Fsp3) is 0.800. The van der Waals surface area contributed by atoms with Gasteiger partial charge >= 0.3 is 0 Å². The lowest BCUT2D eigenvalue weighted by atomic mass is 10.1. The second-order valence-corrected chi connectivity index (χ2v) is 5.92. The topological polar surface area (TPSA) is 0 Å². The lowest BCUT2D eigenvalue weighted by Crippen LogP contribution is -1.96. The van der Waals surface area contributed by atoms with Gasteiger partial charge in [0.1, 0.15) is 0 Å². The van der Waals surface area contributed by atoms with E-state index in [9.17, 15) is 0 Å². The summed E-state index contributed by atoms with van der Waals surface area (Å²) in [5, 5.41) is 0.945. The van der Waals surface area contributed by atoms with Crippen molar-refractivity contribution in [3.05, 3.63) is 0 Å². The van der Waals surface area contributed by atoms with Gasteiger partial charge in [-0.15, -0.1) is 12.3 Å². The third kappa shape index (κ3) is 4.33. The Kier molecular flexibility index (Phi) is 5.81. The SMILES string of the molecule is C#CCCCCCC1CCSS1. The molecule has 68 valence electrons. The minimum Gasteiger partial charge on any atom is -0.120 e. The van der Waals surface area contributed by atoms with Gasteiger partial charge in [0, 0.05) is 17.4 Å². The van der Waals surface area contributed by atoms with E-state index in [0.29, 0.717) is 0 Å². The third-order valence-electron chi connectivity index (χ3n) is 2.07. The molecule has 0 aromatic heterocycles. The Hall–Kier alpha value is 0.260. The largest absolute Gasteiger partial charge is 0.120 e. The van der Waals surface area contributed by atoms with Crippen LogP contribution < -0.4 is 0 Å². The highest BCUT2D eigenvalue weighted by atomic mass is 33.1. The Morgan fingerprint density at radius 3 is 2.92 bits per heavy atom. The zero-order valence-electron chi connectivity index (χ0n) is 7.42. The van der Waals surface area contributed by atoms with Gasteiger partial charge in [-0.3, -0.25) is 0 Å². The highest BCUT2D eigenvalue weighted by Gasteiger charge is 2.15. The lowest BCUT2D eigenvalue weighted by molar-refractivity contribution is 0.629. The average molecular weight is 200 g/mol. The Morgan fingerprint density at radius 2 is 2.25 bits per heavy atom. The fourth-order valence-corrected chi connectivity index (χ4v) is 4.37. The molecule has 0 aliphatic carbocycles. The zero-order valence-corrected chi connectivity index (χ0v) is 9.05. The summed E-state index contributed by atoms with van der Waals surface area (Å²) >= 11 is 0. The van der Waals surface area contributed by atoms with Crippen LogP contribution in [0.4, 0.5) is 0 Å². The van der Waals surface area contributed by atoms with E-state index >= 15 is 0 Å². The van der Waals surface area contributed by atoms with Gasteiger partial charge in [-0.05, 0) is 19.3 Å². The van der Waals surface area contributed by atoms with E-state index in [0.717, 1.165) is 11.7 Å². The number of rotatable bonds is 5. The van der Waals surface area contributed by atoms with Gasteiger partial charge in [-0.2, -0.15) is 0 Å². The van der Waals surface area contributed by atoms with Crippen LogP contribution in [0.3, 0.4) is 0 Å². The first-order valence-corrected chi connectivity index (χ1v) is 7.03. The molecule has 1 atom stereocenters. The fourth-order valence-electron chi connectivity index (χ4n) is 1.34. The molecule has 1 aliphatic heterocycles. The molecule has 1 rings (SSSR count). The zero-order chi connectivity index (χ0) is 8.65. The first kappa shape index (κ1) is 10.3. The van der Waals surface area contributed by atoms with Crippen LogP contribution in [0.25, 0.3) is 0 Å². The van der Waals surface area contributed by atoms with Crippen LogP contribution in [0.15, 0.2) is 0 Å². The van der Waals surface area contributed by atoms with Gasteiger partial charge in [-0.25, -0.2) is 0 Å². The summed E-state index contributed by atoms with van der Waals surface area (Å²) < 4.78 is 0. The monoisotopic (exact) mass is 200 g/mol. The second-order valence-electron chi connectivity index (χ2n) is 3.13. The van der Waals surface area contributed by atoms with Gasteiger partial charge in [0.2, 0.25) is 0 Å². The van der Waals surface area contributed by atoms with E-state index in [1.165, 1.54) is 37.9 Å². The van der Waals surface area contributed by atoms with E-state index < -0.39 is 0 Å². The summed E-state index contributed by atoms with van der Waals surface area (Å²) in [5.74, 6) is 4.05. The maximum absolute atomic E-state index is 5.18. The van der Waals surface area contributed by atoms with E-state index in [1.807, 2.05) is 10.8 Å². The normalized spacial score (nSPS) is 22.4. The molecule has 0 saturated carbocycles. The summed E-state index contributed by atoms with van der Waals surface area (Å²) in [6.45, 7) is 0. The molecular formula is C10H16S2. The molecule has 2 heteroatoms. The van der Waals surface area contributed by atoms with E-state index in [1.54, 1.807) is 0 Å². The summed E-state index contributed by atoms with van der Waals surface area (Å²) in [6.07, 6.45) is 12.9. The van der Waals surface area contributed by atoms with Gasteiger partial charge < -0.3 is 0 Å². The number of terminal acetylenes is 1. The molecule has 1 saturated heterocycles. The molecule has 1 heterocycles. The minimum absolute atomic E-state index is 0.945.